The Kier molecular flexibility index (Phi) is 6.11. The van der Waals surface area contributed by atoms with Gasteiger partial charge in [-0.25, -0.2) is 0 Å². The van der Waals surface area contributed by atoms with Gasteiger partial charge in [0.1, 0.15) is 0 Å². The number of carbonyl (C=O) groups is 3. The topological polar surface area (TPSA) is 86.7 Å². The van der Waals surface area contributed by atoms with Crippen LogP contribution in [-0.2, 0) is 14.4 Å². The van der Waals surface area contributed by atoms with Crippen molar-refractivity contribution >= 4 is 35.2 Å². The molecule has 1 saturated heterocycles. The van der Waals surface area contributed by atoms with E-state index in [0.717, 1.165) is 4.90 Å². The molecule has 1 aromatic rings. The number of rotatable bonds is 5. The molecule has 0 aliphatic carbocycles. The maximum atomic E-state index is 12.7. The van der Waals surface area contributed by atoms with E-state index in [1.54, 1.807) is 24.0 Å². The molecule has 1 aromatic carbocycles. The summed E-state index contributed by atoms with van der Waals surface area (Å²) in [5, 5.41) is 11.8. The molecular weight excluding hydrogens is 340 g/mol. The van der Waals surface area contributed by atoms with Crippen molar-refractivity contribution in [1.29, 1.82) is 0 Å². The van der Waals surface area contributed by atoms with Gasteiger partial charge >= 0.3 is 5.97 Å². The number of carboxylic acid groups (broad SMARTS) is 1. The highest BCUT2D eigenvalue weighted by Crippen LogP contribution is 2.32. The van der Waals surface area contributed by atoms with Crippen LogP contribution in [0.25, 0.3) is 0 Å². The Labute approximate surface area is 152 Å². The molecule has 1 aliphatic rings. The van der Waals surface area contributed by atoms with E-state index in [1.807, 2.05) is 19.1 Å². The first-order valence-corrected chi connectivity index (χ1v) is 9.16. The van der Waals surface area contributed by atoms with Crippen LogP contribution in [0.2, 0.25) is 0 Å². The summed E-state index contributed by atoms with van der Waals surface area (Å²) in [6.45, 7) is 5.85. The van der Waals surface area contributed by atoms with Gasteiger partial charge in [-0.2, -0.15) is 0 Å². The third-order valence-corrected chi connectivity index (χ3v) is 5.46. The fourth-order valence-electron chi connectivity index (χ4n) is 2.93. The van der Waals surface area contributed by atoms with Crippen LogP contribution in [0, 0.1) is 5.41 Å². The van der Waals surface area contributed by atoms with Gasteiger partial charge in [-0.05, 0) is 51.0 Å². The molecule has 2 unspecified atom stereocenters. The Bertz CT molecular complexity index is 662. The Balaban J connectivity index is 1.98. The minimum Gasteiger partial charge on any atom is -0.481 e. The summed E-state index contributed by atoms with van der Waals surface area (Å²) < 4.78 is 0. The molecule has 0 bridgehead atoms. The van der Waals surface area contributed by atoms with Crippen molar-refractivity contribution in [2.24, 2.45) is 5.41 Å². The first kappa shape index (κ1) is 19.3. The van der Waals surface area contributed by atoms with Crippen molar-refractivity contribution < 1.29 is 19.5 Å². The number of anilines is 1. The van der Waals surface area contributed by atoms with Crippen LogP contribution >= 0.6 is 11.8 Å². The number of carbonyl (C=O) groups excluding carboxylic acids is 2. The monoisotopic (exact) mass is 364 g/mol. The fraction of sp³-hybridized carbons (Fsp3) is 0.500. The van der Waals surface area contributed by atoms with Crippen LogP contribution in [0.4, 0.5) is 5.69 Å². The zero-order chi connectivity index (χ0) is 18.6. The number of thioether (sulfide) groups is 1. The third-order valence-electron chi connectivity index (χ3n) is 4.36. The van der Waals surface area contributed by atoms with Gasteiger partial charge in [0.05, 0.1) is 10.7 Å². The summed E-state index contributed by atoms with van der Waals surface area (Å²) in [7, 11) is 0. The molecular formula is C18H24N2O4S. The van der Waals surface area contributed by atoms with Gasteiger partial charge in [-0.1, -0.05) is 0 Å². The molecule has 1 aliphatic heterocycles. The number of piperidine rings is 1. The lowest BCUT2D eigenvalue weighted by Gasteiger charge is -2.38. The molecule has 7 heteroatoms. The summed E-state index contributed by atoms with van der Waals surface area (Å²) in [5.41, 5.74) is -0.151. The van der Waals surface area contributed by atoms with Crippen molar-refractivity contribution in [2.75, 3.05) is 18.4 Å². The average molecular weight is 364 g/mol. The second-order valence-corrected chi connectivity index (χ2v) is 8.11. The highest BCUT2D eigenvalue weighted by atomic mass is 32.2. The van der Waals surface area contributed by atoms with Gasteiger partial charge in [0.15, 0.2) is 0 Å². The molecule has 2 N–H and O–H groups in total. The van der Waals surface area contributed by atoms with Crippen molar-refractivity contribution in [1.82, 2.24) is 4.90 Å². The maximum Gasteiger partial charge on any atom is 0.311 e. The predicted molar refractivity (Wildman–Crippen MR) is 97.6 cm³/mol. The third kappa shape index (κ3) is 4.98. The van der Waals surface area contributed by atoms with Gasteiger partial charge in [0, 0.05) is 30.6 Å². The molecule has 0 spiro atoms. The summed E-state index contributed by atoms with van der Waals surface area (Å²) in [6.07, 6.45) is 1.30. The van der Waals surface area contributed by atoms with Crippen molar-refractivity contribution in [2.45, 2.75) is 43.8 Å². The van der Waals surface area contributed by atoms with E-state index >= 15 is 0 Å². The molecule has 6 nitrogen and oxygen atoms in total. The molecule has 2 atom stereocenters. The van der Waals surface area contributed by atoms with E-state index in [2.05, 4.69) is 5.32 Å². The molecule has 136 valence electrons. The second kappa shape index (κ2) is 7.91. The van der Waals surface area contributed by atoms with E-state index in [-0.39, 0.29) is 23.6 Å². The Morgan fingerprint density at radius 2 is 1.92 bits per heavy atom. The highest BCUT2D eigenvalue weighted by molar-refractivity contribution is 8.00. The predicted octanol–water partition coefficient (Wildman–Crippen LogP) is 2.84. The molecule has 0 saturated carbocycles. The minimum atomic E-state index is -0.863. The molecule has 0 aromatic heterocycles. The van der Waals surface area contributed by atoms with Crippen molar-refractivity contribution in [3.05, 3.63) is 24.3 Å². The number of hydrogen-bond donors (Lipinski definition) is 2. The molecule has 2 rings (SSSR count). The van der Waals surface area contributed by atoms with Crippen LogP contribution in [-0.4, -0.2) is 46.1 Å². The zero-order valence-electron chi connectivity index (χ0n) is 14.7. The molecule has 0 radical (unpaired) electrons. The van der Waals surface area contributed by atoms with Crippen LogP contribution in [0.15, 0.2) is 29.2 Å². The lowest BCUT2D eigenvalue weighted by Crippen LogP contribution is -2.50. The van der Waals surface area contributed by atoms with Gasteiger partial charge in [-0.15, -0.1) is 11.8 Å². The van der Waals surface area contributed by atoms with Crippen LogP contribution in [0.5, 0.6) is 0 Å². The number of likely N-dealkylation sites (tertiary alicyclic amines) is 1. The Morgan fingerprint density at radius 1 is 1.28 bits per heavy atom. The fourth-order valence-corrected chi connectivity index (χ4v) is 3.89. The maximum absolute atomic E-state index is 12.7. The summed E-state index contributed by atoms with van der Waals surface area (Å²) in [6, 6.07) is 7.31. The Morgan fingerprint density at radius 3 is 2.48 bits per heavy atom. The number of amides is 2. The molecule has 1 fully saturated rings. The highest BCUT2D eigenvalue weighted by Gasteiger charge is 2.40. The number of nitrogens with one attached hydrogen (secondary N) is 1. The lowest BCUT2D eigenvalue weighted by molar-refractivity contribution is -0.153. The largest absolute Gasteiger partial charge is 0.481 e. The Hall–Kier alpha value is -2.02. The van der Waals surface area contributed by atoms with Crippen molar-refractivity contribution in [3.63, 3.8) is 0 Å². The number of aliphatic carboxylic acids is 1. The standard InChI is InChI=1S/C18H24N2O4S/c1-12(25-15-7-5-14(6-8-15)19-13(2)21)16(22)20-10-4-9-18(3,11-20)17(23)24/h5-8,12H,4,9-11H2,1-3H3,(H,19,21)(H,23,24). The summed E-state index contributed by atoms with van der Waals surface area (Å²) in [5.74, 6) is -1.02. The first-order chi connectivity index (χ1) is 11.7. The molecule has 2 amide bonds. The molecule has 1 heterocycles. The van der Waals surface area contributed by atoms with E-state index in [1.165, 1.54) is 18.7 Å². The second-order valence-electron chi connectivity index (χ2n) is 6.69. The van der Waals surface area contributed by atoms with Gasteiger partial charge in [-0.3, -0.25) is 14.4 Å². The number of carboxylic acids is 1. The van der Waals surface area contributed by atoms with Crippen LogP contribution < -0.4 is 5.32 Å². The summed E-state index contributed by atoms with van der Waals surface area (Å²) >= 11 is 1.43. The minimum absolute atomic E-state index is 0.0388. The van der Waals surface area contributed by atoms with Crippen LogP contribution in [0.3, 0.4) is 0 Å². The lowest BCUT2D eigenvalue weighted by atomic mass is 9.82. The number of benzene rings is 1. The molecule has 25 heavy (non-hydrogen) atoms. The van der Waals surface area contributed by atoms with Crippen molar-refractivity contribution in [3.8, 4) is 0 Å². The van der Waals surface area contributed by atoms with E-state index in [0.29, 0.717) is 25.1 Å². The van der Waals surface area contributed by atoms with Crippen LogP contribution in [0.1, 0.15) is 33.6 Å². The quantitative estimate of drug-likeness (QED) is 0.785. The zero-order valence-corrected chi connectivity index (χ0v) is 15.6. The SMILES string of the molecule is CC(=O)Nc1ccc(SC(C)C(=O)N2CCCC(C)(C(=O)O)C2)cc1. The normalized spacial score (nSPS) is 21.5. The van der Waals surface area contributed by atoms with E-state index < -0.39 is 11.4 Å². The number of nitrogens with zero attached hydrogens (tertiary/aromatic N) is 1. The van der Waals surface area contributed by atoms with Gasteiger partial charge in [0.2, 0.25) is 11.8 Å². The van der Waals surface area contributed by atoms with E-state index in [4.69, 9.17) is 0 Å². The first-order valence-electron chi connectivity index (χ1n) is 8.28. The van der Waals surface area contributed by atoms with Gasteiger partial charge in [0.25, 0.3) is 0 Å². The number of hydrogen-bond acceptors (Lipinski definition) is 4. The van der Waals surface area contributed by atoms with E-state index in [9.17, 15) is 19.5 Å². The summed E-state index contributed by atoms with van der Waals surface area (Å²) in [4.78, 5) is 37.7. The van der Waals surface area contributed by atoms with Gasteiger partial charge < -0.3 is 15.3 Å². The smallest absolute Gasteiger partial charge is 0.311 e. The average Bonchev–Trinajstić information content (AvgIpc) is 2.55.